The Labute approximate surface area is 205 Å². The number of aryl methyl sites for hydroxylation is 1. The smallest absolute Gasteiger partial charge is 0.412 e. The van der Waals surface area contributed by atoms with Crippen LogP contribution in [0.1, 0.15) is 68.4 Å². The second-order valence-electron chi connectivity index (χ2n) is 9.69. The Hall–Kier alpha value is -3.68. The molecular weight excluding hydrogens is 448 g/mol. The first-order valence-electron chi connectivity index (χ1n) is 11.7. The van der Waals surface area contributed by atoms with E-state index in [2.05, 4.69) is 10.6 Å². The van der Waals surface area contributed by atoms with Gasteiger partial charge in [0, 0.05) is 5.69 Å². The molecule has 0 aliphatic heterocycles. The van der Waals surface area contributed by atoms with Crippen molar-refractivity contribution in [3.8, 4) is 0 Å². The van der Waals surface area contributed by atoms with Gasteiger partial charge >= 0.3 is 12.1 Å². The van der Waals surface area contributed by atoms with Gasteiger partial charge in [-0.3, -0.25) is 19.7 Å². The van der Waals surface area contributed by atoms with Gasteiger partial charge in [-0.1, -0.05) is 30.2 Å². The number of anilines is 2. The van der Waals surface area contributed by atoms with Crippen LogP contribution in [-0.2, 0) is 24.5 Å². The normalized spacial score (nSPS) is 14.3. The summed E-state index contributed by atoms with van der Waals surface area (Å²) >= 11 is 0. The van der Waals surface area contributed by atoms with Crippen LogP contribution < -0.4 is 10.6 Å². The maximum Gasteiger partial charge on any atom is 0.412 e. The van der Waals surface area contributed by atoms with Crippen LogP contribution in [0.3, 0.4) is 0 Å². The maximum absolute atomic E-state index is 13.3. The Morgan fingerprint density at radius 2 is 1.63 bits per heavy atom. The second kappa shape index (κ2) is 10.3. The standard InChI is InChI=1S/C27H32N2O6/c1-6-34-24(32)27(14-7-15-27)18-10-13-21(29-25(33)35-26(3,4)5)20(16-18)22(30)23(31)28-19-11-8-17(2)9-12-19/h8-13,16H,6-7,14-15H2,1-5H3,(H,28,31)(H,29,33). The number of hydrogen-bond acceptors (Lipinski definition) is 6. The van der Waals surface area contributed by atoms with E-state index in [0.29, 0.717) is 24.1 Å². The van der Waals surface area contributed by atoms with Crippen LogP contribution in [0.4, 0.5) is 16.2 Å². The van der Waals surface area contributed by atoms with Crippen molar-refractivity contribution >= 4 is 35.1 Å². The number of carbonyl (C=O) groups excluding carboxylic acids is 4. The summed E-state index contributed by atoms with van der Waals surface area (Å²) in [5, 5.41) is 5.16. The lowest BCUT2D eigenvalue weighted by Gasteiger charge is -2.39. The average molecular weight is 481 g/mol. The van der Waals surface area contributed by atoms with Gasteiger partial charge in [0.25, 0.3) is 11.7 Å². The minimum absolute atomic E-state index is 0.0338. The number of rotatable bonds is 7. The molecule has 1 aliphatic carbocycles. The van der Waals surface area contributed by atoms with Crippen molar-refractivity contribution in [1.29, 1.82) is 0 Å². The summed E-state index contributed by atoms with van der Waals surface area (Å²) in [5.41, 5.74) is 0.506. The Morgan fingerprint density at radius 3 is 2.17 bits per heavy atom. The van der Waals surface area contributed by atoms with E-state index < -0.39 is 28.8 Å². The summed E-state index contributed by atoms with van der Waals surface area (Å²) in [7, 11) is 0. The third-order valence-corrected chi connectivity index (χ3v) is 5.84. The zero-order valence-corrected chi connectivity index (χ0v) is 20.8. The lowest BCUT2D eigenvalue weighted by Crippen LogP contribution is -2.44. The van der Waals surface area contributed by atoms with Crippen LogP contribution in [0.5, 0.6) is 0 Å². The van der Waals surface area contributed by atoms with Crippen LogP contribution in [0.15, 0.2) is 42.5 Å². The van der Waals surface area contributed by atoms with E-state index in [4.69, 9.17) is 9.47 Å². The summed E-state index contributed by atoms with van der Waals surface area (Å²) in [4.78, 5) is 51.3. The minimum Gasteiger partial charge on any atom is -0.465 e. The summed E-state index contributed by atoms with van der Waals surface area (Å²) < 4.78 is 10.6. The zero-order valence-electron chi connectivity index (χ0n) is 20.8. The number of amides is 2. The van der Waals surface area contributed by atoms with Crippen molar-refractivity contribution < 1.29 is 28.7 Å². The van der Waals surface area contributed by atoms with E-state index in [-0.39, 0.29) is 23.8 Å². The third-order valence-electron chi connectivity index (χ3n) is 5.84. The van der Waals surface area contributed by atoms with Gasteiger partial charge < -0.3 is 14.8 Å². The molecule has 3 rings (SSSR count). The largest absolute Gasteiger partial charge is 0.465 e. The Kier molecular flexibility index (Phi) is 7.63. The highest BCUT2D eigenvalue weighted by molar-refractivity contribution is 6.47. The molecule has 0 atom stereocenters. The van der Waals surface area contributed by atoms with Crippen molar-refractivity contribution in [1.82, 2.24) is 0 Å². The van der Waals surface area contributed by atoms with Gasteiger partial charge in [-0.2, -0.15) is 0 Å². The molecule has 1 fully saturated rings. The first kappa shape index (κ1) is 25.9. The van der Waals surface area contributed by atoms with Crippen molar-refractivity contribution in [3.63, 3.8) is 0 Å². The Balaban J connectivity index is 1.97. The van der Waals surface area contributed by atoms with Crippen LogP contribution in [0, 0.1) is 6.92 Å². The van der Waals surface area contributed by atoms with E-state index in [1.807, 2.05) is 19.1 Å². The highest BCUT2D eigenvalue weighted by Gasteiger charge is 2.47. The van der Waals surface area contributed by atoms with Gasteiger partial charge in [0.15, 0.2) is 0 Å². The predicted molar refractivity (Wildman–Crippen MR) is 133 cm³/mol. The van der Waals surface area contributed by atoms with Crippen LogP contribution >= 0.6 is 0 Å². The summed E-state index contributed by atoms with van der Waals surface area (Å²) in [5.74, 6) is -2.07. The number of carbonyl (C=O) groups is 4. The van der Waals surface area contributed by atoms with Gasteiger partial charge in [0.1, 0.15) is 5.60 Å². The number of Topliss-reactive ketones (excluding diaryl/α,β-unsaturated/α-hetero) is 1. The van der Waals surface area contributed by atoms with E-state index in [0.717, 1.165) is 12.0 Å². The first-order valence-corrected chi connectivity index (χ1v) is 11.7. The summed E-state index contributed by atoms with van der Waals surface area (Å²) in [6, 6.07) is 11.7. The molecule has 0 saturated heterocycles. The van der Waals surface area contributed by atoms with Crippen LogP contribution in [-0.4, -0.2) is 36.0 Å². The lowest BCUT2D eigenvalue weighted by molar-refractivity contribution is -0.153. The molecule has 0 heterocycles. The maximum atomic E-state index is 13.3. The molecule has 1 saturated carbocycles. The molecule has 0 bridgehead atoms. The van der Waals surface area contributed by atoms with E-state index in [9.17, 15) is 19.2 Å². The monoisotopic (exact) mass is 480 g/mol. The number of ether oxygens (including phenoxy) is 2. The highest BCUT2D eigenvalue weighted by Crippen LogP contribution is 2.45. The van der Waals surface area contributed by atoms with Gasteiger partial charge in [-0.15, -0.1) is 0 Å². The number of esters is 1. The second-order valence-corrected chi connectivity index (χ2v) is 9.69. The summed E-state index contributed by atoms with van der Waals surface area (Å²) in [6.07, 6.45) is 1.23. The SMILES string of the molecule is CCOC(=O)C1(c2ccc(NC(=O)OC(C)(C)C)c(C(=O)C(=O)Nc3ccc(C)cc3)c2)CCC1. The molecule has 8 nitrogen and oxygen atoms in total. The molecule has 2 N–H and O–H groups in total. The zero-order chi connectivity index (χ0) is 25.8. The van der Waals surface area contributed by atoms with Gasteiger partial charge in [0.05, 0.1) is 23.3 Å². The molecule has 2 aromatic rings. The van der Waals surface area contributed by atoms with Crippen LogP contribution in [0.2, 0.25) is 0 Å². The molecule has 0 aromatic heterocycles. The van der Waals surface area contributed by atoms with Gasteiger partial charge in [0.2, 0.25) is 0 Å². The highest BCUT2D eigenvalue weighted by atomic mass is 16.6. The van der Waals surface area contributed by atoms with E-state index >= 15 is 0 Å². The topological polar surface area (TPSA) is 111 Å². The van der Waals surface area contributed by atoms with Crippen molar-refractivity contribution in [2.75, 3.05) is 17.2 Å². The lowest BCUT2D eigenvalue weighted by atomic mass is 9.64. The molecule has 1 aliphatic rings. The molecule has 0 spiro atoms. The minimum atomic E-state index is -0.872. The van der Waals surface area contributed by atoms with Crippen molar-refractivity contribution in [2.24, 2.45) is 0 Å². The molecule has 8 heteroatoms. The number of hydrogen-bond donors (Lipinski definition) is 2. The first-order chi connectivity index (χ1) is 16.4. The molecule has 35 heavy (non-hydrogen) atoms. The molecular formula is C27H32N2O6. The fourth-order valence-corrected chi connectivity index (χ4v) is 3.91. The molecule has 0 radical (unpaired) electrons. The van der Waals surface area contributed by atoms with Crippen molar-refractivity contribution in [2.45, 2.75) is 64.9 Å². The van der Waals surface area contributed by atoms with Gasteiger partial charge in [-0.05, 0) is 77.3 Å². The average Bonchev–Trinajstić information content (AvgIpc) is 2.73. The molecule has 2 aromatic carbocycles. The molecule has 0 unspecified atom stereocenters. The number of benzene rings is 2. The number of ketones is 1. The quantitative estimate of drug-likeness (QED) is 0.322. The summed E-state index contributed by atoms with van der Waals surface area (Å²) in [6.45, 7) is 9.05. The molecule has 186 valence electrons. The third kappa shape index (κ3) is 6.07. The fraction of sp³-hybridized carbons (Fsp3) is 0.407. The number of nitrogens with one attached hydrogen (secondary N) is 2. The van der Waals surface area contributed by atoms with E-state index in [1.54, 1.807) is 45.9 Å². The van der Waals surface area contributed by atoms with E-state index in [1.165, 1.54) is 12.1 Å². The fourth-order valence-electron chi connectivity index (χ4n) is 3.91. The van der Waals surface area contributed by atoms with Gasteiger partial charge in [-0.25, -0.2) is 4.79 Å². The van der Waals surface area contributed by atoms with Crippen molar-refractivity contribution in [3.05, 3.63) is 59.2 Å². The Morgan fingerprint density at radius 1 is 0.971 bits per heavy atom. The predicted octanol–water partition coefficient (Wildman–Crippen LogP) is 5.15. The Bertz CT molecular complexity index is 1130. The molecule has 2 amide bonds. The van der Waals surface area contributed by atoms with Crippen LogP contribution in [0.25, 0.3) is 0 Å².